The Morgan fingerprint density at radius 3 is 2.44 bits per heavy atom. The molecule has 0 fully saturated rings. The topological polar surface area (TPSA) is 62.3 Å². The maximum atomic E-state index is 12.7. The standard InChI is InChI=1S/C19H21N3O2S/c1-10-17(25-14(5)20-10)11(2)21-18(23)13(4)22-12(3)15-8-6-7-9-16(15)19(22)24/h6-9,11,13H,3H2,1-2,4-5H3,(H,21,23)/t11-,13+/m0/s1. The van der Waals surface area contributed by atoms with Gasteiger partial charge >= 0.3 is 0 Å². The molecule has 2 atom stereocenters. The molecule has 0 bridgehead atoms. The highest BCUT2D eigenvalue weighted by Gasteiger charge is 2.37. The van der Waals surface area contributed by atoms with Crippen molar-refractivity contribution in [1.82, 2.24) is 15.2 Å². The van der Waals surface area contributed by atoms with E-state index in [-0.39, 0.29) is 17.9 Å². The first-order valence-electron chi connectivity index (χ1n) is 8.17. The summed E-state index contributed by atoms with van der Waals surface area (Å²) in [5.41, 5.74) is 2.88. The summed E-state index contributed by atoms with van der Waals surface area (Å²) in [6.45, 7) is 11.5. The van der Waals surface area contributed by atoms with Gasteiger partial charge in [0, 0.05) is 21.7 Å². The molecule has 0 saturated heterocycles. The van der Waals surface area contributed by atoms with E-state index in [9.17, 15) is 9.59 Å². The molecular weight excluding hydrogens is 334 g/mol. The van der Waals surface area contributed by atoms with Gasteiger partial charge in [-0.3, -0.25) is 14.5 Å². The summed E-state index contributed by atoms with van der Waals surface area (Å²) in [5.74, 6) is -0.388. The summed E-state index contributed by atoms with van der Waals surface area (Å²) in [6, 6.07) is 6.50. The van der Waals surface area contributed by atoms with E-state index < -0.39 is 6.04 Å². The number of nitrogens with one attached hydrogen (secondary N) is 1. The van der Waals surface area contributed by atoms with E-state index in [0.717, 1.165) is 21.1 Å². The Morgan fingerprint density at radius 1 is 1.24 bits per heavy atom. The van der Waals surface area contributed by atoms with E-state index in [1.807, 2.05) is 39.0 Å². The molecule has 1 aliphatic heterocycles. The Balaban J connectivity index is 1.76. The van der Waals surface area contributed by atoms with Crippen molar-refractivity contribution in [3.63, 3.8) is 0 Å². The number of carbonyl (C=O) groups excluding carboxylic acids is 2. The van der Waals surface area contributed by atoms with E-state index in [1.165, 1.54) is 4.90 Å². The highest BCUT2D eigenvalue weighted by atomic mass is 32.1. The lowest BCUT2D eigenvalue weighted by Gasteiger charge is -2.26. The van der Waals surface area contributed by atoms with E-state index in [0.29, 0.717) is 11.3 Å². The van der Waals surface area contributed by atoms with E-state index >= 15 is 0 Å². The van der Waals surface area contributed by atoms with Crippen LogP contribution in [0.3, 0.4) is 0 Å². The monoisotopic (exact) mass is 355 g/mol. The number of aryl methyl sites for hydroxylation is 2. The molecule has 6 heteroatoms. The first-order valence-corrected chi connectivity index (χ1v) is 8.99. The number of hydrogen-bond acceptors (Lipinski definition) is 4. The van der Waals surface area contributed by atoms with Crippen molar-refractivity contribution in [2.45, 2.75) is 39.8 Å². The van der Waals surface area contributed by atoms with Gasteiger partial charge < -0.3 is 5.32 Å². The van der Waals surface area contributed by atoms with Crippen molar-refractivity contribution < 1.29 is 9.59 Å². The Bertz CT molecular complexity index is 836. The van der Waals surface area contributed by atoms with Gasteiger partial charge in [0.15, 0.2) is 0 Å². The third-order valence-corrected chi connectivity index (χ3v) is 5.69. The predicted octanol–water partition coefficient (Wildman–Crippen LogP) is 3.45. The summed E-state index contributed by atoms with van der Waals surface area (Å²) in [5, 5.41) is 3.96. The van der Waals surface area contributed by atoms with Gasteiger partial charge in [-0.15, -0.1) is 11.3 Å². The number of thiazole rings is 1. The van der Waals surface area contributed by atoms with Gasteiger partial charge in [0.25, 0.3) is 5.91 Å². The van der Waals surface area contributed by atoms with E-state index in [4.69, 9.17) is 0 Å². The van der Waals surface area contributed by atoms with Crippen molar-refractivity contribution in [2.24, 2.45) is 0 Å². The van der Waals surface area contributed by atoms with Crippen LogP contribution in [0.2, 0.25) is 0 Å². The summed E-state index contributed by atoms with van der Waals surface area (Å²) >= 11 is 1.58. The van der Waals surface area contributed by atoms with Gasteiger partial charge in [0.1, 0.15) is 6.04 Å². The molecule has 0 saturated carbocycles. The first-order chi connectivity index (χ1) is 11.8. The lowest BCUT2D eigenvalue weighted by Crippen LogP contribution is -2.45. The molecule has 0 radical (unpaired) electrons. The summed E-state index contributed by atoms with van der Waals surface area (Å²) < 4.78 is 0. The average Bonchev–Trinajstić information content (AvgIpc) is 3.04. The predicted molar refractivity (Wildman–Crippen MR) is 99.3 cm³/mol. The smallest absolute Gasteiger partial charge is 0.259 e. The van der Waals surface area contributed by atoms with Gasteiger partial charge in [0.2, 0.25) is 5.91 Å². The zero-order valence-electron chi connectivity index (χ0n) is 14.8. The van der Waals surface area contributed by atoms with Crippen molar-refractivity contribution in [1.29, 1.82) is 0 Å². The van der Waals surface area contributed by atoms with Crippen LogP contribution in [0, 0.1) is 13.8 Å². The largest absolute Gasteiger partial charge is 0.347 e. The molecular formula is C19H21N3O2S. The summed E-state index contributed by atoms with van der Waals surface area (Å²) in [4.78, 5) is 32.3. The fourth-order valence-corrected chi connectivity index (χ4v) is 4.11. The molecule has 2 aromatic rings. The second-order valence-electron chi connectivity index (χ2n) is 6.26. The minimum atomic E-state index is -0.635. The maximum Gasteiger partial charge on any atom is 0.259 e. The van der Waals surface area contributed by atoms with Gasteiger partial charge in [-0.2, -0.15) is 0 Å². The maximum absolute atomic E-state index is 12.7. The summed E-state index contributed by atoms with van der Waals surface area (Å²) in [7, 11) is 0. The van der Waals surface area contributed by atoms with Crippen molar-refractivity contribution in [2.75, 3.05) is 0 Å². The number of fused-ring (bicyclic) bond motifs is 1. The van der Waals surface area contributed by atoms with E-state index in [1.54, 1.807) is 24.3 Å². The van der Waals surface area contributed by atoms with Crippen molar-refractivity contribution in [3.05, 3.63) is 57.6 Å². The van der Waals surface area contributed by atoms with Crippen LogP contribution >= 0.6 is 11.3 Å². The highest BCUT2D eigenvalue weighted by molar-refractivity contribution is 7.11. The third kappa shape index (κ3) is 2.98. The number of hydrogen-bond donors (Lipinski definition) is 1. The molecule has 3 rings (SSSR count). The fraction of sp³-hybridized carbons (Fsp3) is 0.316. The molecule has 0 aliphatic carbocycles. The molecule has 25 heavy (non-hydrogen) atoms. The normalized spacial score (nSPS) is 15.9. The summed E-state index contributed by atoms with van der Waals surface area (Å²) in [6.07, 6.45) is 0. The Kier molecular flexibility index (Phi) is 4.47. The van der Waals surface area contributed by atoms with Crippen molar-refractivity contribution >= 4 is 28.8 Å². The van der Waals surface area contributed by atoms with Gasteiger partial charge in [-0.05, 0) is 33.8 Å². The number of nitrogens with zero attached hydrogens (tertiary/aromatic N) is 2. The van der Waals surface area contributed by atoms with Crippen LogP contribution in [-0.2, 0) is 4.79 Å². The minimum Gasteiger partial charge on any atom is -0.347 e. The highest BCUT2D eigenvalue weighted by Crippen LogP contribution is 2.33. The number of carbonyl (C=O) groups is 2. The van der Waals surface area contributed by atoms with Gasteiger partial charge in [-0.25, -0.2) is 4.98 Å². The number of aromatic nitrogens is 1. The lowest BCUT2D eigenvalue weighted by atomic mass is 10.1. The lowest BCUT2D eigenvalue weighted by molar-refractivity contribution is -0.124. The average molecular weight is 355 g/mol. The van der Waals surface area contributed by atoms with Crippen LogP contribution in [0.4, 0.5) is 0 Å². The van der Waals surface area contributed by atoms with Crippen molar-refractivity contribution in [3.8, 4) is 0 Å². The number of rotatable bonds is 4. The molecule has 0 unspecified atom stereocenters. The molecule has 5 nitrogen and oxygen atoms in total. The Hall–Kier alpha value is -2.47. The molecule has 1 aliphatic rings. The van der Waals surface area contributed by atoms with Crippen LogP contribution in [0.5, 0.6) is 0 Å². The fourth-order valence-electron chi connectivity index (χ4n) is 3.18. The quantitative estimate of drug-likeness (QED) is 0.914. The molecule has 0 spiro atoms. The molecule has 1 N–H and O–H groups in total. The Morgan fingerprint density at radius 2 is 1.88 bits per heavy atom. The Labute approximate surface area is 151 Å². The SMILES string of the molecule is C=C1c2ccccc2C(=O)N1[C@H](C)C(=O)N[C@@H](C)c1sc(C)nc1C. The zero-order chi connectivity index (χ0) is 18.3. The number of amides is 2. The molecule has 2 heterocycles. The van der Waals surface area contributed by atoms with Gasteiger partial charge in [0.05, 0.1) is 16.7 Å². The molecule has 130 valence electrons. The molecule has 2 amide bonds. The second kappa shape index (κ2) is 6.44. The van der Waals surface area contributed by atoms with Gasteiger partial charge in [-0.1, -0.05) is 24.8 Å². The van der Waals surface area contributed by atoms with E-state index in [2.05, 4.69) is 16.9 Å². The van der Waals surface area contributed by atoms with Crippen LogP contribution in [-0.4, -0.2) is 27.7 Å². The zero-order valence-corrected chi connectivity index (χ0v) is 15.6. The first kappa shape index (κ1) is 17.4. The van der Waals surface area contributed by atoms with Crippen LogP contribution in [0.15, 0.2) is 30.8 Å². The van der Waals surface area contributed by atoms with Crippen LogP contribution in [0.1, 0.15) is 51.4 Å². The van der Waals surface area contributed by atoms with Crippen LogP contribution < -0.4 is 5.32 Å². The third-order valence-electron chi connectivity index (χ3n) is 4.44. The molecule has 1 aromatic heterocycles. The minimum absolute atomic E-state index is 0.158. The number of benzene rings is 1. The second-order valence-corrected chi connectivity index (χ2v) is 7.49. The molecule has 1 aromatic carbocycles. The van der Waals surface area contributed by atoms with Crippen LogP contribution in [0.25, 0.3) is 5.70 Å².